The first-order chi connectivity index (χ1) is 22.9. The van der Waals surface area contributed by atoms with Gasteiger partial charge in [0.1, 0.15) is 5.82 Å². The molecular weight excluding hydrogens is 643 g/mol. The molecule has 1 N–H and O–H groups in total. The van der Waals surface area contributed by atoms with Gasteiger partial charge in [-0.2, -0.15) is 5.10 Å². The Morgan fingerprint density at radius 2 is 1.85 bits per heavy atom. The van der Waals surface area contributed by atoms with Crippen LogP contribution in [-0.2, 0) is 30.0 Å². The summed E-state index contributed by atoms with van der Waals surface area (Å²) in [6.45, 7) is 5.02. The van der Waals surface area contributed by atoms with Crippen molar-refractivity contribution in [3.63, 3.8) is 0 Å². The molecule has 1 atom stereocenters. The van der Waals surface area contributed by atoms with Gasteiger partial charge in [-0.05, 0) is 56.0 Å². The van der Waals surface area contributed by atoms with Crippen molar-refractivity contribution >= 4 is 29.2 Å². The van der Waals surface area contributed by atoms with Crippen LogP contribution in [0.4, 0.5) is 10.1 Å². The van der Waals surface area contributed by atoms with Crippen molar-refractivity contribution in [2.24, 2.45) is 20.0 Å². The molecule has 1 saturated heterocycles. The van der Waals surface area contributed by atoms with E-state index in [-0.39, 0.29) is 34.2 Å². The van der Waals surface area contributed by atoms with Gasteiger partial charge in [0.25, 0.3) is 11.5 Å². The second-order valence-electron chi connectivity index (χ2n) is 11.9. The number of hydrogen-bond donors (Lipinski definition) is 1. The highest BCUT2D eigenvalue weighted by Gasteiger charge is 2.42. The largest absolute Gasteiger partial charge is 0.481 e. The molecule has 2 aromatic heterocycles. The van der Waals surface area contributed by atoms with Gasteiger partial charge in [0.2, 0.25) is 11.6 Å². The summed E-state index contributed by atoms with van der Waals surface area (Å²) in [7, 11) is 4.14. The van der Waals surface area contributed by atoms with Gasteiger partial charge >= 0.3 is 11.7 Å². The van der Waals surface area contributed by atoms with E-state index in [4.69, 9.17) is 26.1 Å². The third kappa shape index (κ3) is 5.66. The van der Waals surface area contributed by atoms with Gasteiger partial charge in [-0.1, -0.05) is 29.8 Å². The molecule has 250 valence electrons. The number of anilines is 1. The number of hydrogen-bond acceptors (Lipinski definition) is 9. The van der Waals surface area contributed by atoms with Gasteiger partial charge in [-0.15, -0.1) is 0 Å². The Morgan fingerprint density at radius 1 is 1.12 bits per heavy atom. The van der Waals surface area contributed by atoms with E-state index in [1.54, 1.807) is 39.2 Å². The van der Waals surface area contributed by atoms with Crippen molar-refractivity contribution in [3.05, 3.63) is 90.5 Å². The molecule has 2 aliphatic rings. The monoisotopic (exact) mass is 676 g/mol. The van der Waals surface area contributed by atoms with Crippen molar-refractivity contribution < 1.29 is 23.5 Å². The minimum Gasteiger partial charge on any atom is -0.481 e. The van der Waals surface area contributed by atoms with Gasteiger partial charge < -0.3 is 14.8 Å². The lowest BCUT2D eigenvalue weighted by Crippen LogP contribution is -2.51. The summed E-state index contributed by atoms with van der Waals surface area (Å²) in [6, 6.07) is 9.85. The van der Waals surface area contributed by atoms with E-state index >= 15 is 4.39 Å². The smallest absolute Gasteiger partial charge is 0.346 e. The van der Waals surface area contributed by atoms with Crippen LogP contribution in [0.15, 0.2) is 46.0 Å². The fraction of sp³-hybridized carbons (Fsp3) is 0.353. The van der Waals surface area contributed by atoms with Gasteiger partial charge in [0.15, 0.2) is 0 Å². The predicted octanol–water partition coefficient (Wildman–Crippen LogP) is 4.05. The summed E-state index contributed by atoms with van der Waals surface area (Å²) in [6.07, 6.45) is 1.64. The number of likely N-dealkylation sites (tertiary alicyclic amines) is 1. The number of methoxy groups -OCH3 is 1. The molecule has 14 heteroatoms. The first kappa shape index (κ1) is 33.0. The number of ether oxygens (including phenoxy) is 2. The first-order valence-electron chi connectivity index (χ1n) is 15.5. The van der Waals surface area contributed by atoms with Crippen LogP contribution in [0.3, 0.4) is 0 Å². The van der Waals surface area contributed by atoms with E-state index in [1.165, 1.54) is 26.2 Å². The molecule has 1 amide bonds. The molecule has 1 aliphatic heterocycles. The number of nitrogens with one attached hydrogen (secondary N) is 1. The standard InChI is InChI=1S/C34H34ClFN6O6/c1-6-48-33(45)19-15-42(16-19)25-13-10-18-14-24(38-31(47-5)27(18)25)20-8-7-9-21(28(20)35)26-17(2)23(12-11-22(26)36)37-30(43)29-32(44)40(3)34(46)41(4)39-29/h7-9,11-12,14,19,25H,6,10,13,15-16H2,1-5H3,(H,37,43). The Balaban J connectivity index is 1.32. The molecule has 1 fully saturated rings. The number of fused-ring (bicyclic) bond motifs is 1. The topological polar surface area (TPSA) is 138 Å². The molecule has 1 aliphatic carbocycles. The lowest BCUT2D eigenvalue weighted by atomic mass is 9.94. The molecular formula is C34H34ClFN6O6. The summed E-state index contributed by atoms with van der Waals surface area (Å²) in [4.78, 5) is 56.9. The number of aryl methyl sites for hydroxylation is 2. The Bertz CT molecular complexity index is 2090. The number of rotatable bonds is 8. The zero-order chi connectivity index (χ0) is 34.4. The maximum absolute atomic E-state index is 15.5. The number of carbonyl (C=O) groups is 2. The molecule has 1 unspecified atom stereocenters. The maximum atomic E-state index is 15.5. The number of amides is 1. The molecule has 0 radical (unpaired) electrons. The Hall–Kier alpha value is -4.88. The van der Waals surface area contributed by atoms with E-state index in [0.717, 1.165) is 33.2 Å². The van der Waals surface area contributed by atoms with E-state index < -0.39 is 28.7 Å². The lowest BCUT2D eigenvalue weighted by molar-refractivity contribution is -0.155. The van der Waals surface area contributed by atoms with Crippen LogP contribution >= 0.6 is 11.6 Å². The molecule has 0 bridgehead atoms. The van der Waals surface area contributed by atoms with E-state index in [9.17, 15) is 19.2 Å². The Labute approximate surface area is 280 Å². The number of pyridine rings is 1. The number of esters is 1. The summed E-state index contributed by atoms with van der Waals surface area (Å²) < 4.78 is 28.2. The summed E-state index contributed by atoms with van der Waals surface area (Å²) in [5.74, 6) is -1.26. The quantitative estimate of drug-likeness (QED) is 0.274. The number of halogens is 2. The molecule has 3 heterocycles. The van der Waals surface area contributed by atoms with Gasteiger partial charge in [0.05, 0.1) is 30.4 Å². The zero-order valence-electron chi connectivity index (χ0n) is 27.1. The van der Waals surface area contributed by atoms with Crippen LogP contribution in [0.25, 0.3) is 22.4 Å². The fourth-order valence-corrected chi connectivity index (χ4v) is 6.82. The predicted molar refractivity (Wildman–Crippen MR) is 177 cm³/mol. The molecule has 0 saturated carbocycles. The number of nitrogens with zero attached hydrogens (tertiary/aromatic N) is 5. The zero-order valence-corrected chi connectivity index (χ0v) is 27.9. The first-order valence-corrected chi connectivity index (χ1v) is 15.8. The normalized spacial score (nSPS) is 15.9. The Kier molecular flexibility index (Phi) is 8.92. The third-order valence-corrected chi connectivity index (χ3v) is 9.44. The highest BCUT2D eigenvalue weighted by molar-refractivity contribution is 6.36. The lowest BCUT2D eigenvalue weighted by Gasteiger charge is -2.42. The number of benzene rings is 2. The SMILES string of the molecule is CCOC(=O)C1CN(C2CCc3cc(-c4cccc(-c5c(F)ccc(NC(=O)c6nn(C)c(=O)n(C)c6=O)c5C)c4Cl)nc(OC)c32)C1. The van der Waals surface area contributed by atoms with E-state index in [1.807, 2.05) is 6.07 Å². The van der Waals surface area contributed by atoms with Crippen LogP contribution < -0.4 is 21.3 Å². The second kappa shape index (κ2) is 13.0. The molecule has 2 aromatic carbocycles. The minimum absolute atomic E-state index is 0.0647. The van der Waals surface area contributed by atoms with Crippen LogP contribution in [0.5, 0.6) is 5.88 Å². The van der Waals surface area contributed by atoms with Crippen LogP contribution in [0.1, 0.15) is 46.6 Å². The van der Waals surface area contributed by atoms with Crippen LogP contribution in [0, 0.1) is 18.7 Å². The van der Waals surface area contributed by atoms with Crippen molar-refractivity contribution in [3.8, 4) is 28.3 Å². The Morgan fingerprint density at radius 3 is 2.56 bits per heavy atom. The molecule has 0 spiro atoms. The minimum atomic E-state index is -0.860. The highest BCUT2D eigenvalue weighted by Crippen LogP contribution is 2.46. The molecule has 4 aromatic rings. The highest BCUT2D eigenvalue weighted by atomic mass is 35.5. The van der Waals surface area contributed by atoms with Crippen molar-refractivity contribution in [1.82, 2.24) is 24.2 Å². The second-order valence-corrected chi connectivity index (χ2v) is 12.3. The van der Waals surface area contributed by atoms with E-state index in [2.05, 4.69) is 15.3 Å². The summed E-state index contributed by atoms with van der Waals surface area (Å²) >= 11 is 7.00. The van der Waals surface area contributed by atoms with Crippen molar-refractivity contribution in [2.75, 3.05) is 32.1 Å². The van der Waals surface area contributed by atoms with E-state index in [0.29, 0.717) is 48.0 Å². The average Bonchev–Trinajstić information content (AvgIpc) is 3.46. The van der Waals surface area contributed by atoms with Crippen LogP contribution in [-0.4, -0.2) is 62.9 Å². The summed E-state index contributed by atoms with van der Waals surface area (Å²) in [5.41, 5.74) is 2.28. The van der Waals surface area contributed by atoms with Crippen molar-refractivity contribution in [1.29, 1.82) is 0 Å². The average molecular weight is 677 g/mol. The van der Waals surface area contributed by atoms with Crippen molar-refractivity contribution in [2.45, 2.75) is 32.7 Å². The van der Waals surface area contributed by atoms with Gasteiger partial charge in [-0.3, -0.25) is 23.9 Å². The van der Waals surface area contributed by atoms with Gasteiger partial charge in [-0.25, -0.2) is 18.9 Å². The molecule has 12 nitrogen and oxygen atoms in total. The maximum Gasteiger partial charge on any atom is 0.346 e. The number of aromatic nitrogens is 4. The van der Waals surface area contributed by atoms with Crippen LogP contribution in [0.2, 0.25) is 5.02 Å². The molecule has 6 rings (SSSR count). The summed E-state index contributed by atoms with van der Waals surface area (Å²) in [5, 5.41) is 6.70. The van der Waals surface area contributed by atoms with Gasteiger partial charge in [0, 0.05) is 61.2 Å². The number of carbonyl (C=O) groups excluding carboxylic acids is 2. The fourth-order valence-electron chi connectivity index (χ4n) is 6.51. The molecule has 48 heavy (non-hydrogen) atoms. The third-order valence-electron chi connectivity index (χ3n) is 9.04.